The zero-order chi connectivity index (χ0) is 10.3. The van der Waals surface area contributed by atoms with Crippen LogP contribution in [0.2, 0.25) is 0 Å². The van der Waals surface area contributed by atoms with E-state index in [0.717, 1.165) is 26.1 Å². The first-order valence-corrected chi connectivity index (χ1v) is 5.24. The zero-order valence-electron chi connectivity index (χ0n) is 8.31. The van der Waals surface area contributed by atoms with Crippen molar-refractivity contribution in [3.8, 4) is 0 Å². The highest BCUT2D eigenvalue weighted by Crippen LogP contribution is 2.27. The van der Waals surface area contributed by atoms with Gasteiger partial charge in [0.2, 0.25) is 0 Å². The largest absolute Gasteiger partial charge is 0.333 e. The third-order valence-corrected chi connectivity index (χ3v) is 3.34. The summed E-state index contributed by atoms with van der Waals surface area (Å²) < 4.78 is 0. The van der Waals surface area contributed by atoms with Gasteiger partial charge in [0.1, 0.15) is 0 Å². The fourth-order valence-corrected chi connectivity index (χ4v) is 2.55. The van der Waals surface area contributed by atoms with Crippen LogP contribution in [0, 0.1) is 5.92 Å². The molecule has 0 saturated carbocycles. The van der Waals surface area contributed by atoms with E-state index in [1.807, 2.05) is 4.90 Å². The Kier molecular flexibility index (Phi) is 1.95. The predicted molar refractivity (Wildman–Crippen MR) is 52.2 cm³/mol. The van der Waals surface area contributed by atoms with Gasteiger partial charge in [-0.15, -0.1) is 0 Å². The second kappa shape index (κ2) is 3.30. The van der Waals surface area contributed by atoms with Gasteiger partial charge in [0.05, 0.1) is 6.20 Å². The molecule has 0 aliphatic carbocycles. The normalized spacial score (nSPS) is 29.5. The van der Waals surface area contributed by atoms with E-state index in [0.29, 0.717) is 17.7 Å². The molecule has 2 fully saturated rings. The number of carbonyl (C=O) groups excluding carboxylic acids is 1. The van der Waals surface area contributed by atoms with E-state index in [9.17, 15) is 4.79 Å². The van der Waals surface area contributed by atoms with Gasteiger partial charge in [-0.05, 0) is 12.3 Å². The molecular weight excluding hydrogens is 194 g/mol. The third kappa shape index (κ3) is 1.32. The Morgan fingerprint density at radius 2 is 2.47 bits per heavy atom. The predicted octanol–water partition coefficient (Wildman–Crippen LogP) is -0.761. The first kappa shape index (κ1) is 8.84. The number of H-pyrrole nitrogens is 1. The lowest BCUT2D eigenvalue weighted by atomic mass is 10.1. The minimum atomic E-state index is -0.0000463. The van der Waals surface area contributed by atoms with E-state index < -0.39 is 0 Å². The molecule has 1 aromatic heterocycles. The van der Waals surface area contributed by atoms with Gasteiger partial charge < -0.3 is 10.2 Å². The van der Waals surface area contributed by atoms with Gasteiger partial charge in [-0.3, -0.25) is 4.79 Å². The lowest BCUT2D eigenvalue weighted by Gasteiger charge is -2.21. The molecule has 2 aliphatic rings. The van der Waals surface area contributed by atoms with Crippen LogP contribution in [0.4, 0.5) is 0 Å². The van der Waals surface area contributed by atoms with Crippen molar-refractivity contribution < 1.29 is 4.79 Å². The van der Waals surface area contributed by atoms with Crippen LogP contribution in [-0.2, 0) is 0 Å². The summed E-state index contributed by atoms with van der Waals surface area (Å²) in [7, 11) is 0. The average Bonchev–Trinajstić information content (AvgIpc) is 2.94. The molecule has 0 bridgehead atoms. The summed E-state index contributed by atoms with van der Waals surface area (Å²) in [5.41, 5.74) is 0.419. The van der Waals surface area contributed by atoms with Crippen molar-refractivity contribution in [3.63, 3.8) is 0 Å². The van der Waals surface area contributed by atoms with Crippen LogP contribution < -0.4 is 5.32 Å². The monoisotopic (exact) mass is 207 g/mol. The van der Waals surface area contributed by atoms with Crippen LogP contribution in [0.3, 0.4) is 0 Å². The number of nitrogens with one attached hydrogen (secondary N) is 2. The Labute approximate surface area is 87.0 Å². The van der Waals surface area contributed by atoms with E-state index in [1.165, 1.54) is 6.20 Å². The molecule has 2 saturated heterocycles. The summed E-state index contributed by atoms with van der Waals surface area (Å²) >= 11 is 0. The maximum Gasteiger partial charge on any atom is 0.276 e. The second-order valence-electron chi connectivity index (χ2n) is 4.13. The number of carbonyl (C=O) groups is 1. The minimum Gasteiger partial charge on any atom is -0.333 e. The summed E-state index contributed by atoms with van der Waals surface area (Å²) in [6.07, 6.45) is 2.58. The van der Waals surface area contributed by atoms with Crippen molar-refractivity contribution in [2.75, 3.05) is 19.6 Å². The number of amides is 1. The zero-order valence-corrected chi connectivity index (χ0v) is 8.31. The Morgan fingerprint density at radius 1 is 1.53 bits per heavy atom. The number of hydrogen-bond acceptors (Lipinski definition) is 4. The highest BCUT2D eigenvalue weighted by Gasteiger charge is 2.40. The van der Waals surface area contributed by atoms with E-state index in [-0.39, 0.29) is 5.91 Å². The van der Waals surface area contributed by atoms with Crippen molar-refractivity contribution in [2.45, 2.75) is 12.5 Å². The summed E-state index contributed by atoms with van der Waals surface area (Å²) in [4.78, 5) is 13.9. The fourth-order valence-electron chi connectivity index (χ4n) is 2.55. The van der Waals surface area contributed by atoms with Crippen LogP contribution in [0.25, 0.3) is 0 Å². The van der Waals surface area contributed by atoms with Crippen molar-refractivity contribution in [3.05, 3.63) is 11.9 Å². The molecular formula is C9H13N5O. The molecule has 3 heterocycles. The highest BCUT2D eigenvalue weighted by atomic mass is 16.2. The van der Waals surface area contributed by atoms with Crippen molar-refractivity contribution in [1.29, 1.82) is 0 Å². The van der Waals surface area contributed by atoms with E-state index in [1.54, 1.807) is 0 Å². The highest BCUT2D eigenvalue weighted by molar-refractivity contribution is 5.92. The van der Waals surface area contributed by atoms with Crippen LogP contribution in [-0.4, -0.2) is 51.9 Å². The molecule has 0 spiro atoms. The molecule has 6 heteroatoms. The number of aromatic amines is 1. The number of nitrogens with zero attached hydrogens (tertiary/aromatic N) is 3. The van der Waals surface area contributed by atoms with Crippen molar-refractivity contribution >= 4 is 5.91 Å². The van der Waals surface area contributed by atoms with Crippen LogP contribution >= 0.6 is 0 Å². The maximum absolute atomic E-state index is 12.0. The van der Waals surface area contributed by atoms with Crippen LogP contribution in [0.15, 0.2) is 6.20 Å². The van der Waals surface area contributed by atoms with Gasteiger partial charge in [-0.25, -0.2) is 0 Å². The number of rotatable bonds is 1. The summed E-state index contributed by atoms with van der Waals surface area (Å²) in [5.74, 6) is 0.626. The number of fused-ring (bicyclic) bond motifs is 1. The fraction of sp³-hybridized carbons (Fsp3) is 0.667. The Balaban J connectivity index is 1.80. The first-order chi connectivity index (χ1) is 7.36. The van der Waals surface area contributed by atoms with E-state index in [4.69, 9.17) is 0 Å². The van der Waals surface area contributed by atoms with Gasteiger partial charge in [0, 0.05) is 25.7 Å². The minimum absolute atomic E-state index is 0.0000463. The number of hydrogen-bond donors (Lipinski definition) is 2. The standard InChI is InChI=1S/C9H13N5O/c15-9(7-4-11-13-12-7)14-2-1-6-3-10-5-8(6)14/h4,6,8,10H,1-3,5H2,(H,11,12,13)/t6-,8+/m0/s1. The Bertz CT molecular complexity index is 363. The number of aromatic nitrogens is 3. The molecule has 1 aromatic rings. The van der Waals surface area contributed by atoms with Crippen LogP contribution in [0.5, 0.6) is 0 Å². The quantitative estimate of drug-likeness (QED) is 0.634. The third-order valence-electron chi connectivity index (χ3n) is 3.34. The molecule has 3 rings (SSSR count). The molecule has 0 radical (unpaired) electrons. The van der Waals surface area contributed by atoms with Crippen molar-refractivity contribution in [1.82, 2.24) is 25.6 Å². The lowest BCUT2D eigenvalue weighted by molar-refractivity contribution is 0.0731. The van der Waals surface area contributed by atoms with Gasteiger partial charge >= 0.3 is 0 Å². The van der Waals surface area contributed by atoms with Gasteiger partial charge in [-0.1, -0.05) is 0 Å². The van der Waals surface area contributed by atoms with Crippen molar-refractivity contribution in [2.24, 2.45) is 5.92 Å². The summed E-state index contributed by atoms with van der Waals surface area (Å²) in [6.45, 7) is 2.80. The van der Waals surface area contributed by atoms with Gasteiger partial charge in [0.15, 0.2) is 5.69 Å². The topological polar surface area (TPSA) is 73.9 Å². The Morgan fingerprint density at radius 3 is 3.27 bits per heavy atom. The smallest absolute Gasteiger partial charge is 0.276 e. The number of likely N-dealkylation sites (tertiary alicyclic amines) is 1. The Hall–Kier alpha value is -1.43. The summed E-state index contributed by atoms with van der Waals surface area (Å²) in [5, 5.41) is 13.3. The molecule has 1 amide bonds. The van der Waals surface area contributed by atoms with E-state index in [2.05, 4.69) is 20.7 Å². The average molecular weight is 207 g/mol. The molecule has 0 aromatic carbocycles. The van der Waals surface area contributed by atoms with Gasteiger partial charge in [-0.2, -0.15) is 15.4 Å². The SMILES string of the molecule is O=C(c1cn[nH]n1)N1CC[C@H]2CNC[C@H]21. The van der Waals surface area contributed by atoms with Gasteiger partial charge in [0.25, 0.3) is 5.91 Å². The second-order valence-corrected chi connectivity index (χ2v) is 4.13. The lowest BCUT2D eigenvalue weighted by Crippen LogP contribution is -2.39. The molecule has 2 N–H and O–H groups in total. The van der Waals surface area contributed by atoms with Crippen LogP contribution in [0.1, 0.15) is 16.9 Å². The first-order valence-electron chi connectivity index (χ1n) is 5.24. The maximum atomic E-state index is 12.0. The molecule has 2 atom stereocenters. The molecule has 2 aliphatic heterocycles. The molecule has 6 nitrogen and oxygen atoms in total. The van der Waals surface area contributed by atoms with E-state index >= 15 is 0 Å². The molecule has 0 unspecified atom stereocenters. The molecule has 80 valence electrons. The molecule has 15 heavy (non-hydrogen) atoms. The summed E-state index contributed by atoms with van der Waals surface area (Å²) in [6, 6.07) is 0.356.